The van der Waals surface area contributed by atoms with E-state index in [1.165, 1.54) is 0 Å². The second-order valence-corrected chi connectivity index (χ2v) is 5.56. The van der Waals surface area contributed by atoms with Crippen molar-refractivity contribution in [3.05, 3.63) is 32.7 Å². The molecule has 1 nitrogen and oxygen atoms in total. The van der Waals surface area contributed by atoms with E-state index in [9.17, 15) is 5.11 Å². The average molecular weight is 336 g/mol. The Kier molecular flexibility index (Phi) is 5.30. The minimum Gasteiger partial charge on any atom is -0.388 e. The standard InChI is InChI=1S/C12H16Br2O/c1-3-8(4-2)12(15)9-5-10(13)7-11(14)6-9/h5-8,12,15H,3-4H2,1-2H3. The van der Waals surface area contributed by atoms with Crippen molar-refractivity contribution >= 4 is 31.9 Å². The molecule has 1 N–H and O–H groups in total. The summed E-state index contributed by atoms with van der Waals surface area (Å²) < 4.78 is 1.99. The van der Waals surface area contributed by atoms with E-state index in [0.29, 0.717) is 5.92 Å². The lowest BCUT2D eigenvalue weighted by molar-refractivity contribution is 0.103. The highest BCUT2D eigenvalue weighted by atomic mass is 79.9. The number of rotatable bonds is 4. The number of aliphatic hydroxyl groups excluding tert-OH is 1. The molecule has 1 aromatic rings. The molecule has 0 saturated heterocycles. The lowest BCUT2D eigenvalue weighted by atomic mass is 9.91. The Balaban J connectivity index is 2.94. The molecule has 0 aliphatic rings. The molecule has 0 saturated carbocycles. The molecule has 0 bridgehead atoms. The molecule has 0 aromatic heterocycles. The van der Waals surface area contributed by atoms with Gasteiger partial charge in [0.15, 0.2) is 0 Å². The molecule has 0 amide bonds. The zero-order chi connectivity index (χ0) is 11.4. The van der Waals surface area contributed by atoms with Gasteiger partial charge in [-0.15, -0.1) is 0 Å². The van der Waals surface area contributed by atoms with Gasteiger partial charge in [0.05, 0.1) is 6.10 Å². The SMILES string of the molecule is CCC(CC)C(O)c1cc(Br)cc(Br)c1. The van der Waals surface area contributed by atoms with E-state index in [2.05, 4.69) is 45.7 Å². The zero-order valence-electron chi connectivity index (χ0n) is 9.00. The molecule has 0 heterocycles. The van der Waals surface area contributed by atoms with Crippen LogP contribution < -0.4 is 0 Å². The van der Waals surface area contributed by atoms with Gasteiger partial charge in [0, 0.05) is 8.95 Å². The second-order valence-electron chi connectivity index (χ2n) is 3.72. The van der Waals surface area contributed by atoms with Crippen LogP contribution >= 0.6 is 31.9 Å². The Morgan fingerprint density at radius 3 is 1.93 bits per heavy atom. The van der Waals surface area contributed by atoms with E-state index < -0.39 is 0 Å². The highest BCUT2D eigenvalue weighted by Crippen LogP contribution is 2.31. The van der Waals surface area contributed by atoms with Crippen LogP contribution in [0.3, 0.4) is 0 Å². The average Bonchev–Trinajstić information content (AvgIpc) is 2.18. The first kappa shape index (κ1) is 13.2. The maximum Gasteiger partial charge on any atom is 0.0818 e. The molecule has 0 spiro atoms. The van der Waals surface area contributed by atoms with Gasteiger partial charge in [0.25, 0.3) is 0 Å². The smallest absolute Gasteiger partial charge is 0.0818 e. The third kappa shape index (κ3) is 3.58. The summed E-state index contributed by atoms with van der Waals surface area (Å²) in [6, 6.07) is 5.94. The minimum atomic E-state index is -0.367. The van der Waals surface area contributed by atoms with Crippen LogP contribution in [0.15, 0.2) is 27.1 Å². The van der Waals surface area contributed by atoms with Gasteiger partial charge in [0.1, 0.15) is 0 Å². The molecular formula is C12H16Br2O. The van der Waals surface area contributed by atoms with Gasteiger partial charge in [-0.25, -0.2) is 0 Å². The topological polar surface area (TPSA) is 20.2 Å². The van der Waals surface area contributed by atoms with Crippen LogP contribution in [-0.2, 0) is 0 Å². The van der Waals surface area contributed by atoms with Gasteiger partial charge >= 0.3 is 0 Å². The molecule has 3 heteroatoms. The Bertz CT molecular complexity index is 301. The largest absolute Gasteiger partial charge is 0.388 e. The summed E-state index contributed by atoms with van der Waals surface area (Å²) in [7, 11) is 0. The summed E-state index contributed by atoms with van der Waals surface area (Å²) in [5.41, 5.74) is 0.977. The van der Waals surface area contributed by atoms with E-state index in [0.717, 1.165) is 27.4 Å². The van der Waals surface area contributed by atoms with Crippen molar-refractivity contribution in [2.45, 2.75) is 32.8 Å². The van der Waals surface area contributed by atoms with Crippen LogP contribution in [0, 0.1) is 5.92 Å². The Labute approximate surface area is 108 Å². The lowest BCUT2D eigenvalue weighted by Gasteiger charge is -2.20. The van der Waals surface area contributed by atoms with Crippen molar-refractivity contribution < 1.29 is 5.11 Å². The summed E-state index contributed by atoms with van der Waals surface area (Å²) in [5, 5.41) is 10.2. The van der Waals surface area contributed by atoms with Crippen molar-refractivity contribution in [1.82, 2.24) is 0 Å². The molecule has 84 valence electrons. The molecule has 1 atom stereocenters. The predicted octanol–water partition coefficient (Wildman–Crippen LogP) is 4.68. The van der Waals surface area contributed by atoms with Crippen molar-refractivity contribution in [3.8, 4) is 0 Å². The van der Waals surface area contributed by atoms with Crippen molar-refractivity contribution in [2.24, 2.45) is 5.92 Å². The van der Waals surface area contributed by atoms with Gasteiger partial charge in [-0.3, -0.25) is 0 Å². The van der Waals surface area contributed by atoms with Gasteiger partial charge in [-0.1, -0.05) is 58.5 Å². The molecule has 0 aliphatic heterocycles. The molecule has 15 heavy (non-hydrogen) atoms. The fraction of sp³-hybridized carbons (Fsp3) is 0.500. The molecule has 0 aliphatic carbocycles. The molecule has 1 rings (SSSR count). The van der Waals surface area contributed by atoms with Gasteiger partial charge in [-0.05, 0) is 29.7 Å². The number of hydrogen-bond donors (Lipinski definition) is 1. The minimum absolute atomic E-state index is 0.339. The molecule has 1 unspecified atom stereocenters. The predicted molar refractivity (Wildman–Crippen MR) is 70.9 cm³/mol. The van der Waals surface area contributed by atoms with E-state index in [1.807, 2.05) is 18.2 Å². The highest BCUT2D eigenvalue weighted by Gasteiger charge is 2.17. The van der Waals surface area contributed by atoms with Crippen LogP contribution in [0.2, 0.25) is 0 Å². The third-order valence-electron chi connectivity index (χ3n) is 2.72. The summed E-state index contributed by atoms with van der Waals surface area (Å²) >= 11 is 6.87. The van der Waals surface area contributed by atoms with Gasteiger partial charge in [-0.2, -0.15) is 0 Å². The normalized spacial score (nSPS) is 13.2. The van der Waals surface area contributed by atoms with Crippen LogP contribution in [0.5, 0.6) is 0 Å². The number of benzene rings is 1. The first-order valence-electron chi connectivity index (χ1n) is 5.22. The van der Waals surface area contributed by atoms with E-state index in [4.69, 9.17) is 0 Å². The Morgan fingerprint density at radius 2 is 1.53 bits per heavy atom. The Hall–Kier alpha value is 0.140. The molecular weight excluding hydrogens is 320 g/mol. The van der Waals surface area contributed by atoms with Crippen molar-refractivity contribution in [3.63, 3.8) is 0 Å². The van der Waals surface area contributed by atoms with E-state index in [1.54, 1.807) is 0 Å². The summed E-state index contributed by atoms with van der Waals surface area (Å²) in [6.07, 6.45) is 1.64. The van der Waals surface area contributed by atoms with Crippen LogP contribution in [0.4, 0.5) is 0 Å². The van der Waals surface area contributed by atoms with E-state index >= 15 is 0 Å². The van der Waals surface area contributed by atoms with Crippen molar-refractivity contribution in [1.29, 1.82) is 0 Å². The molecule has 1 aromatic carbocycles. The lowest BCUT2D eigenvalue weighted by Crippen LogP contribution is -2.10. The summed E-state index contributed by atoms with van der Waals surface area (Å²) in [5.74, 6) is 0.339. The number of hydrogen-bond acceptors (Lipinski definition) is 1. The van der Waals surface area contributed by atoms with Crippen LogP contribution in [0.1, 0.15) is 38.4 Å². The van der Waals surface area contributed by atoms with Gasteiger partial charge in [0.2, 0.25) is 0 Å². The summed E-state index contributed by atoms with van der Waals surface area (Å²) in [4.78, 5) is 0. The maximum absolute atomic E-state index is 10.2. The monoisotopic (exact) mass is 334 g/mol. The summed E-state index contributed by atoms with van der Waals surface area (Å²) in [6.45, 7) is 4.23. The first-order valence-corrected chi connectivity index (χ1v) is 6.81. The number of halogens is 2. The Morgan fingerprint density at radius 1 is 1.07 bits per heavy atom. The first-order chi connectivity index (χ1) is 7.08. The maximum atomic E-state index is 10.2. The fourth-order valence-electron chi connectivity index (χ4n) is 1.75. The molecule has 0 fully saturated rings. The highest BCUT2D eigenvalue weighted by molar-refractivity contribution is 9.11. The zero-order valence-corrected chi connectivity index (χ0v) is 12.2. The quantitative estimate of drug-likeness (QED) is 0.846. The van der Waals surface area contributed by atoms with Crippen LogP contribution in [-0.4, -0.2) is 5.11 Å². The van der Waals surface area contributed by atoms with Crippen LogP contribution in [0.25, 0.3) is 0 Å². The van der Waals surface area contributed by atoms with Crippen molar-refractivity contribution in [2.75, 3.05) is 0 Å². The third-order valence-corrected chi connectivity index (χ3v) is 3.64. The number of aliphatic hydroxyl groups is 1. The second kappa shape index (κ2) is 6.02. The fourth-order valence-corrected chi connectivity index (χ4v) is 3.08. The van der Waals surface area contributed by atoms with Gasteiger partial charge < -0.3 is 5.11 Å². The van der Waals surface area contributed by atoms with E-state index in [-0.39, 0.29) is 6.10 Å². The molecule has 0 radical (unpaired) electrons.